The van der Waals surface area contributed by atoms with E-state index in [1.165, 1.54) is 29.6 Å². The zero-order chi connectivity index (χ0) is 17.9. The summed E-state index contributed by atoms with van der Waals surface area (Å²) in [6.45, 7) is 0.491. The summed E-state index contributed by atoms with van der Waals surface area (Å²) in [5.74, 6) is -0.607. The molecule has 0 saturated carbocycles. The van der Waals surface area contributed by atoms with Gasteiger partial charge in [-0.1, -0.05) is 0 Å². The Balaban J connectivity index is 2.17. The first kappa shape index (κ1) is 18.1. The Morgan fingerprint density at radius 1 is 1.46 bits per heavy atom. The molecule has 1 fully saturated rings. The van der Waals surface area contributed by atoms with Gasteiger partial charge in [0.2, 0.25) is 15.9 Å². The van der Waals surface area contributed by atoms with Gasteiger partial charge in [0, 0.05) is 25.2 Å². The Bertz CT molecular complexity index is 749. The number of nitro groups is 1. The van der Waals surface area contributed by atoms with Gasteiger partial charge in [0.1, 0.15) is 5.75 Å². The van der Waals surface area contributed by atoms with Gasteiger partial charge in [0.15, 0.2) is 0 Å². The molecule has 1 aromatic carbocycles. The third-order valence-electron chi connectivity index (χ3n) is 3.88. The maximum absolute atomic E-state index is 12.4. The number of carbonyl (C=O) groups excluding carboxylic acids is 1. The van der Waals surface area contributed by atoms with Crippen LogP contribution in [0.1, 0.15) is 12.8 Å². The molecule has 1 aliphatic heterocycles. The van der Waals surface area contributed by atoms with E-state index in [9.17, 15) is 23.3 Å². The Morgan fingerprint density at radius 2 is 2.17 bits per heavy atom. The van der Waals surface area contributed by atoms with E-state index in [-0.39, 0.29) is 23.8 Å². The van der Waals surface area contributed by atoms with Crippen LogP contribution in [-0.2, 0) is 14.8 Å². The molecule has 1 aromatic rings. The van der Waals surface area contributed by atoms with Gasteiger partial charge in [0.05, 0.1) is 29.9 Å². The number of non-ortho nitro benzene ring substituents is 1. The van der Waals surface area contributed by atoms with Crippen molar-refractivity contribution >= 4 is 27.3 Å². The van der Waals surface area contributed by atoms with E-state index in [2.05, 4.69) is 5.32 Å². The highest BCUT2D eigenvalue weighted by atomic mass is 32.2. The first-order chi connectivity index (χ1) is 11.2. The van der Waals surface area contributed by atoms with Crippen molar-refractivity contribution in [2.24, 2.45) is 5.92 Å². The molecule has 1 amide bonds. The highest BCUT2D eigenvalue weighted by molar-refractivity contribution is 7.88. The second-order valence-electron chi connectivity index (χ2n) is 5.59. The van der Waals surface area contributed by atoms with Crippen LogP contribution >= 0.6 is 0 Å². The van der Waals surface area contributed by atoms with E-state index in [4.69, 9.17) is 4.74 Å². The number of carbonyl (C=O) groups is 1. The molecule has 0 aliphatic carbocycles. The van der Waals surface area contributed by atoms with E-state index < -0.39 is 20.9 Å². The van der Waals surface area contributed by atoms with Gasteiger partial charge in [-0.2, -0.15) is 0 Å². The summed E-state index contributed by atoms with van der Waals surface area (Å²) >= 11 is 0. The molecule has 1 N–H and O–H groups in total. The van der Waals surface area contributed by atoms with Crippen molar-refractivity contribution in [2.45, 2.75) is 12.8 Å². The third-order valence-corrected chi connectivity index (χ3v) is 5.15. The van der Waals surface area contributed by atoms with Gasteiger partial charge in [-0.05, 0) is 18.9 Å². The van der Waals surface area contributed by atoms with Crippen LogP contribution < -0.4 is 10.1 Å². The predicted octanol–water partition coefficient (Wildman–Crippen LogP) is 1.21. The fourth-order valence-electron chi connectivity index (χ4n) is 2.60. The number of hydrogen-bond donors (Lipinski definition) is 1. The quantitative estimate of drug-likeness (QED) is 0.625. The lowest BCUT2D eigenvalue weighted by Crippen LogP contribution is -2.43. The van der Waals surface area contributed by atoms with Crippen molar-refractivity contribution < 1.29 is 22.9 Å². The minimum atomic E-state index is -3.36. The normalized spacial score (nSPS) is 18.8. The smallest absolute Gasteiger partial charge is 0.271 e. The van der Waals surface area contributed by atoms with Crippen LogP contribution in [-0.4, -0.2) is 50.0 Å². The molecule has 10 heteroatoms. The lowest BCUT2D eigenvalue weighted by Gasteiger charge is -2.30. The molecular weight excluding hydrogens is 338 g/mol. The molecule has 0 radical (unpaired) electrons. The van der Waals surface area contributed by atoms with Crippen molar-refractivity contribution in [1.82, 2.24) is 4.31 Å². The number of hydrogen-bond acceptors (Lipinski definition) is 6. The van der Waals surface area contributed by atoms with E-state index >= 15 is 0 Å². The Kier molecular flexibility index (Phi) is 5.40. The van der Waals surface area contributed by atoms with Crippen LogP contribution in [0.25, 0.3) is 0 Å². The number of amides is 1. The molecule has 2 rings (SSSR count). The first-order valence-electron chi connectivity index (χ1n) is 7.31. The highest BCUT2D eigenvalue weighted by Gasteiger charge is 2.30. The lowest BCUT2D eigenvalue weighted by molar-refractivity contribution is -0.384. The second kappa shape index (κ2) is 7.14. The molecule has 1 saturated heterocycles. The first-order valence-corrected chi connectivity index (χ1v) is 9.15. The van der Waals surface area contributed by atoms with Gasteiger partial charge in [-0.3, -0.25) is 14.9 Å². The maximum Gasteiger partial charge on any atom is 0.271 e. The molecule has 1 aliphatic rings. The SMILES string of the molecule is COc1ccc([N+](=O)[O-])cc1NC(=O)[C@H]1CCCN(S(C)(=O)=O)C1. The molecular formula is C14H19N3O6S. The van der Waals surface area contributed by atoms with Crippen molar-refractivity contribution in [3.05, 3.63) is 28.3 Å². The van der Waals surface area contributed by atoms with Gasteiger partial charge < -0.3 is 10.1 Å². The minimum Gasteiger partial charge on any atom is -0.495 e. The molecule has 0 unspecified atom stereocenters. The van der Waals surface area contributed by atoms with Crippen molar-refractivity contribution in [2.75, 3.05) is 31.8 Å². The number of ether oxygens (including phenoxy) is 1. The summed E-state index contributed by atoms with van der Waals surface area (Å²) in [5.41, 5.74) is 0.0145. The largest absolute Gasteiger partial charge is 0.495 e. The molecule has 132 valence electrons. The van der Waals surface area contributed by atoms with E-state index in [0.717, 1.165) is 6.26 Å². The molecule has 1 atom stereocenters. The monoisotopic (exact) mass is 357 g/mol. The second-order valence-corrected chi connectivity index (χ2v) is 7.57. The fourth-order valence-corrected chi connectivity index (χ4v) is 3.51. The topological polar surface area (TPSA) is 119 Å². The van der Waals surface area contributed by atoms with Crippen LogP contribution in [0.2, 0.25) is 0 Å². The average molecular weight is 357 g/mol. The lowest BCUT2D eigenvalue weighted by atomic mass is 9.98. The molecule has 1 heterocycles. The molecule has 9 nitrogen and oxygen atoms in total. The van der Waals surface area contributed by atoms with E-state index in [1.54, 1.807) is 0 Å². The number of nitro benzene ring substituents is 1. The zero-order valence-corrected chi connectivity index (χ0v) is 14.2. The predicted molar refractivity (Wildman–Crippen MR) is 87.4 cm³/mol. The van der Waals surface area contributed by atoms with Gasteiger partial charge >= 0.3 is 0 Å². The van der Waals surface area contributed by atoms with E-state index in [0.29, 0.717) is 25.1 Å². The summed E-state index contributed by atoms with van der Waals surface area (Å²) in [5, 5.41) is 13.5. The number of rotatable bonds is 5. The number of benzene rings is 1. The number of methoxy groups -OCH3 is 1. The number of anilines is 1. The average Bonchev–Trinajstić information content (AvgIpc) is 2.54. The minimum absolute atomic E-state index is 0.0991. The fraction of sp³-hybridized carbons (Fsp3) is 0.500. The summed E-state index contributed by atoms with van der Waals surface area (Å²) in [7, 11) is -1.96. The Morgan fingerprint density at radius 3 is 2.75 bits per heavy atom. The number of piperidine rings is 1. The summed E-state index contributed by atoms with van der Waals surface area (Å²) < 4.78 is 29.6. The van der Waals surface area contributed by atoms with Gasteiger partial charge in [-0.25, -0.2) is 12.7 Å². The molecule has 0 bridgehead atoms. The summed E-state index contributed by atoms with van der Waals surface area (Å²) in [6, 6.07) is 3.89. The molecule has 24 heavy (non-hydrogen) atoms. The zero-order valence-electron chi connectivity index (χ0n) is 13.4. The van der Waals surface area contributed by atoms with Crippen LogP contribution in [0, 0.1) is 16.0 Å². The maximum atomic E-state index is 12.4. The number of nitrogens with one attached hydrogen (secondary N) is 1. The number of sulfonamides is 1. The summed E-state index contributed by atoms with van der Waals surface area (Å²) in [4.78, 5) is 22.7. The number of nitrogens with zero attached hydrogens (tertiary/aromatic N) is 2. The van der Waals surface area contributed by atoms with Crippen LogP contribution in [0.4, 0.5) is 11.4 Å². The van der Waals surface area contributed by atoms with Crippen molar-refractivity contribution in [1.29, 1.82) is 0 Å². The Hall–Kier alpha value is -2.20. The Labute approximate surface area is 139 Å². The molecule has 0 aromatic heterocycles. The van der Waals surface area contributed by atoms with Gasteiger partial charge in [-0.15, -0.1) is 0 Å². The van der Waals surface area contributed by atoms with Gasteiger partial charge in [0.25, 0.3) is 5.69 Å². The molecule has 0 spiro atoms. The standard InChI is InChI=1S/C14H19N3O6S/c1-23-13-6-5-11(17(19)20)8-12(13)15-14(18)10-4-3-7-16(9-10)24(2,21)22/h5-6,8,10H,3-4,7,9H2,1-2H3,(H,15,18)/t10-/m0/s1. The third kappa shape index (κ3) is 4.20. The van der Waals surface area contributed by atoms with Crippen molar-refractivity contribution in [3.63, 3.8) is 0 Å². The van der Waals surface area contributed by atoms with Crippen LogP contribution in [0.15, 0.2) is 18.2 Å². The summed E-state index contributed by atoms with van der Waals surface area (Å²) in [6.07, 6.45) is 2.24. The van der Waals surface area contributed by atoms with Crippen molar-refractivity contribution in [3.8, 4) is 5.75 Å². The van der Waals surface area contributed by atoms with E-state index in [1.807, 2.05) is 0 Å². The highest BCUT2D eigenvalue weighted by Crippen LogP contribution is 2.30. The van der Waals surface area contributed by atoms with Crippen LogP contribution in [0.5, 0.6) is 5.75 Å². The van der Waals surface area contributed by atoms with Crippen LogP contribution in [0.3, 0.4) is 0 Å².